The Morgan fingerprint density at radius 2 is 1.75 bits per heavy atom. The molecule has 1 fully saturated rings. The molecule has 0 aromatic heterocycles. The van der Waals surface area contributed by atoms with Gasteiger partial charge in [-0.05, 0) is 38.8 Å². The highest BCUT2D eigenvalue weighted by atomic mass is 14.9. The van der Waals surface area contributed by atoms with Crippen LogP contribution in [0.25, 0.3) is 0 Å². The minimum atomic E-state index is 0.641. The van der Waals surface area contributed by atoms with Gasteiger partial charge in [0.1, 0.15) is 0 Å². The zero-order valence-electron chi connectivity index (χ0n) is 8.40. The summed E-state index contributed by atoms with van der Waals surface area (Å²) in [5.74, 6) is 0. The van der Waals surface area contributed by atoms with Gasteiger partial charge in [0.25, 0.3) is 0 Å². The lowest BCUT2D eigenvalue weighted by Gasteiger charge is -2.23. The van der Waals surface area contributed by atoms with E-state index in [1.54, 1.807) is 0 Å². The van der Waals surface area contributed by atoms with E-state index in [2.05, 4.69) is 24.5 Å². The average Bonchev–Trinajstić information content (AvgIpc) is 1.93. The number of hydrogen-bond acceptors (Lipinski definition) is 2. The van der Waals surface area contributed by atoms with Crippen molar-refractivity contribution in [2.75, 3.05) is 13.1 Å². The fraction of sp³-hybridized carbons (Fsp3) is 1.00. The van der Waals surface area contributed by atoms with Gasteiger partial charge in [0.2, 0.25) is 0 Å². The molecule has 1 rings (SSSR count). The second-order valence-corrected chi connectivity index (χ2v) is 4.05. The van der Waals surface area contributed by atoms with Gasteiger partial charge in [-0.25, -0.2) is 0 Å². The van der Waals surface area contributed by atoms with Crippen molar-refractivity contribution < 1.29 is 0 Å². The van der Waals surface area contributed by atoms with Crippen LogP contribution in [-0.4, -0.2) is 25.2 Å². The van der Waals surface area contributed by atoms with E-state index in [9.17, 15) is 0 Å². The second-order valence-electron chi connectivity index (χ2n) is 4.05. The Balaban J connectivity index is 2.20. The van der Waals surface area contributed by atoms with Gasteiger partial charge in [0.15, 0.2) is 0 Å². The SMILES string of the molecule is CC(C)NC1CCCNCCC1. The third-order valence-corrected chi connectivity index (χ3v) is 2.38. The van der Waals surface area contributed by atoms with Gasteiger partial charge in [0, 0.05) is 12.1 Å². The van der Waals surface area contributed by atoms with Gasteiger partial charge in [-0.15, -0.1) is 0 Å². The lowest BCUT2D eigenvalue weighted by molar-refractivity contribution is 0.374. The highest BCUT2D eigenvalue weighted by molar-refractivity contribution is 4.72. The summed E-state index contributed by atoms with van der Waals surface area (Å²) in [6, 6.07) is 1.41. The van der Waals surface area contributed by atoms with Gasteiger partial charge in [-0.3, -0.25) is 0 Å². The highest BCUT2D eigenvalue weighted by Crippen LogP contribution is 2.07. The molecule has 0 aliphatic carbocycles. The van der Waals surface area contributed by atoms with Crippen LogP contribution in [0.1, 0.15) is 39.5 Å². The van der Waals surface area contributed by atoms with Gasteiger partial charge in [-0.2, -0.15) is 0 Å². The monoisotopic (exact) mass is 170 g/mol. The molecule has 2 nitrogen and oxygen atoms in total. The number of rotatable bonds is 2. The van der Waals surface area contributed by atoms with E-state index in [-0.39, 0.29) is 0 Å². The summed E-state index contributed by atoms with van der Waals surface area (Å²) in [6.07, 6.45) is 5.32. The Bertz CT molecular complexity index is 104. The Morgan fingerprint density at radius 3 is 2.25 bits per heavy atom. The van der Waals surface area contributed by atoms with Crippen LogP contribution in [0, 0.1) is 0 Å². The Kier molecular flexibility index (Phi) is 4.62. The molecule has 0 saturated carbocycles. The first kappa shape index (κ1) is 10.0. The largest absolute Gasteiger partial charge is 0.317 e. The van der Waals surface area contributed by atoms with Crippen molar-refractivity contribution in [3.8, 4) is 0 Å². The Labute approximate surface area is 76.1 Å². The van der Waals surface area contributed by atoms with Gasteiger partial charge >= 0.3 is 0 Å². The zero-order valence-corrected chi connectivity index (χ0v) is 8.40. The van der Waals surface area contributed by atoms with Crippen molar-refractivity contribution in [1.29, 1.82) is 0 Å². The normalized spacial score (nSPS) is 22.2. The molecule has 0 atom stereocenters. The predicted octanol–water partition coefficient (Wildman–Crippen LogP) is 1.52. The van der Waals surface area contributed by atoms with Crippen LogP contribution in [0.3, 0.4) is 0 Å². The summed E-state index contributed by atoms with van der Waals surface area (Å²) in [5.41, 5.74) is 0. The van der Waals surface area contributed by atoms with E-state index in [0.29, 0.717) is 6.04 Å². The molecular weight excluding hydrogens is 148 g/mol. The predicted molar refractivity (Wildman–Crippen MR) is 53.4 cm³/mol. The Morgan fingerprint density at radius 1 is 1.17 bits per heavy atom. The second kappa shape index (κ2) is 5.55. The number of nitrogens with one attached hydrogen (secondary N) is 2. The van der Waals surface area contributed by atoms with Gasteiger partial charge in [-0.1, -0.05) is 13.8 Å². The first-order chi connectivity index (χ1) is 5.79. The maximum atomic E-state index is 3.62. The van der Waals surface area contributed by atoms with E-state index in [0.717, 1.165) is 6.04 Å². The van der Waals surface area contributed by atoms with Crippen molar-refractivity contribution in [3.05, 3.63) is 0 Å². The molecule has 72 valence electrons. The van der Waals surface area contributed by atoms with Gasteiger partial charge in [0.05, 0.1) is 0 Å². The summed E-state index contributed by atoms with van der Waals surface area (Å²) in [6.45, 7) is 6.88. The minimum Gasteiger partial charge on any atom is -0.317 e. The first-order valence-electron chi connectivity index (χ1n) is 5.26. The lowest BCUT2D eigenvalue weighted by atomic mass is 10.0. The molecule has 0 aromatic carbocycles. The summed E-state index contributed by atoms with van der Waals surface area (Å²) in [5, 5.41) is 7.05. The highest BCUT2D eigenvalue weighted by Gasteiger charge is 2.10. The lowest BCUT2D eigenvalue weighted by Crippen LogP contribution is -2.37. The maximum Gasteiger partial charge on any atom is 0.00703 e. The van der Waals surface area contributed by atoms with Crippen LogP contribution < -0.4 is 10.6 Å². The first-order valence-corrected chi connectivity index (χ1v) is 5.26. The topological polar surface area (TPSA) is 24.1 Å². The smallest absolute Gasteiger partial charge is 0.00703 e. The molecule has 2 heteroatoms. The molecule has 0 spiro atoms. The summed E-state index contributed by atoms with van der Waals surface area (Å²) < 4.78 is 0. The van der Waals surface area contributed by atoms with Crippen LogP contribution in [0.4, 0.5) is 0 Å². The summed E-state index contributed by atoms with van der Waals surface area (Å²) in [4.78, 5) is 0. The quantitative estimate of drug-likeness (QED) is 0.656. The van der Waals surface area contributed by atoms with Crippen LogP contribution >= 0.6 is 0 Å². The van der Waals surface area contributed by atoms with Crippen molar-refractivity contribution in [3.63, 3.8) is 0 Å². The van der Waals surface area contributed by atoms with Gasteiger partial charge < -0.3 is 10.6 Å². The molecule has 1 aliphatic rings. The van der Waals surface area contributed by atoms with E-state index >= 15 is 0 Å². The fourth-order valence-corrected chi connectivity index (χ4v) is 1.85. The van der Waals surface area contributed by atoms with E-state index in [4.69, 9.17) is 0 Å². The molecule has 12 heavy (non-hydrogen) atoms. The maximum absolute atomic E-state index is 3.62. The van der Waals surface area contributed by atoms with Crippen LogP contribution in [0.15, 0.2) is 0 Å². The third kappa shape index (κ3) is 4.07. The molecule has 0 unspecified atom stereocenters. The van der Waals surface area contributed by atoms with E-state index in [1.165, 1.54) is 38.8 Å². The van der Waals surface area contributed by atoms with Crippen LogP contribution in [-0.2, 0) is 0 Å². The Hall–Kier alpha value is -0.0800. The van der Waals surface area contributed by atoms with Crippen molar-refractivity contribution in [2.45, 2.75) is 51.6 Å². The molecular formula is C10H22N2. The van der Waals surface area contributed by atoms with E-state index < -0.39 is 0 Å². The standard InChI is InChI=1S/C10H22N2/c1-9(2)12-10-5-3-7-11-8-4-6-10/h9-12H,3-8H2,1-2H3. The van der Waals surface area contributed by atoms with Crippen LogP contribution in [0.2, 0.25) is 0 Å². The minimum absolute atomic E-state index is 0.641. The summed E-state index contributed by atoms with van der Waals surface area (Å²) >= 11 is 0. The van der Waals surface area contributed by atoms with Crippen LogP contribution in [0.5, 0.6) is 0 Å². The molecule has 1 aliphatic heterocycles. The molecule has 0 radical (unpaired) electrons. The number of hydrogen-bond donors (Lipinski definition) is 2. The molecule has 1 saturated heterocycles. The van der Waals surface area contributed by atoms with E-state index in [1.807, 2.05) is 0 Å². The molecule has 1 heterocycles. The average molecular weight is 170 g/mol. The van der Waals surface area contributed by atoms with Crippen molar-refractivity contribution in [1.82, 2.24) is 10.6 Å². The summed E-state index contributed by atoms with van der Waals surface area (Å²) in [7, 11) is 0. The van der Waals surface area contributed by atoms with Crippen molar-refractivity contribution >= 4 is 0 Å². The molecule has 2 N–H and O–H groups in total. The zero-order chi connectivity index (χ0) is 8.81. The van der Waals surface area contributed by atoms with Crippen molar-refractivity contribution in [2.24, 2.45) is 0 Å². The fourth-order valence-electron chi connectivity index (χ4n) is 1.85. The molecule has 0 amide bonds. The third-order valence-electron chi connectivity index (χ3n) is 2.38. The molecule has 0 bridgehead atoms. The molecule has 0 aromatic rings.